The monoisotopic (exact) mass is 153 g/mol. The summed E-state index contributed by atoms with van der Waals surface area (Å²) < 4.78 is 2.01. The van der Waals surface area contributed by atoms with Gasteiger partial charge < -0.3 is 0 Å². The summed E-state index contributed by atoms with van der Waals surface area (Å²) in [6.07, 6.45) is 1.04. The van der Waals surface area contributed by atoms with Crippen molar-refractivity contribution < 1.29 is 4.68 Å². The van der Waals surface area contributed by atoms with Gasteiger partial charge in [0, 0.05) is 5.41 Å². The molecule has 62 valence electrons. The molecular weight excluding hydrogens is 136 g/mol. The van der Waals surface area contributed by atoms with Crippen molar-refractivity contribution in [2.75, 3.05) is 7.05 Å². The zero-order valence-corrected chi connectivity index (χ0v) is 8.10. The highest BCUT2D eigenvalue weighted by atomic mass is 15.4. The summed E-state index contributed by atoms with van der Waals surface area (Å²) in [6.45, 7) is 8.77. The van der Waals surface area contributed by atoms with E-state index in [2.05, 4.69) is 32.8 Å². The van der Waals surface area contributed by atoms with Gasteiger partial charge in [-0.2, -0.15) is 0 Å². The van der Waals surface area contributed by atoms with Crippen molar-refractivity contribution in [3.63, 3.8) is 0 Å². The number of hydrazone groups is 1. The summed E-state index contributed by atoms with van der Waals surface area (Å²) in [5.74, 6) is 0. The Kier molecular flexibility index (Phi) is 1.87. The van der Waals surface area contributed by atoms with Crippen molar-refractivity contribution in [1.29, 1.82) is 0 Å². The Hall–Kier alpha value is -0.660. The molecular formula is C9H17N2+. The highest BCUT2D eigenvalue weighted by Crippen LogP contribution is 2.21. The Morgan fingerprint density at radius 2 is 1.91 bits per heavy atom. The van der Waals surface area contributed by atoms with Gasteiger partial charge in [0.15, 0.2) is 12.8 Å². The minimum absolute atomic E-state index is 0.260. The molecule has 0 atom stereocenters. The molecule has 0 spiro atoms. The van der Waals surface area contributed by atoms with Crippen LogP contribution in [-0.4, -0.2) is 23.2 Å². The molecule has 0 aromatic heterocycles. The first-order chi connectivity index (χ1) is 4.91. The molecule has 0 radical (unpaired) electrons. The van der Waals surface area contributed by atoms with Crippen molar-refractivity contribution in [3.8, 4) is 0 Å². The number of hydrogen-bond donors (Lipinski definition) is 0. The molecule has 0 aromatic rings. The Balaban J connectivity index is 2.88. The smallest absolute Gasteiger partial charge is 0.0943 e. The Labute approximate surface area is 68.6 Å². The van der Waals surface area contributed by atoms with Gasteiger partial charge in [-0.1, -0.05) is 25.5 Å². The maximum atomic E-state index is 4.35. The van der Waals surface area contributed by atoms with E-state index >= 15 is 0 Å². The van der Waals surface area contributed by atoms with E-state index in [0.29, 0.717) is 0 Å². The Bertz CT molecular complexity index is 228. The van der Waals surface area contributed by atoms with Crippen LogP contribution in [0.1, 0.15) is 34.1 Å². The zero-order valence-electron chi connectivity index (χ0n) is 8.10. The molecule has 0 bridgehead atoms. The van der Waals surface area contributed by atoms with Gasteiger partial charge in [-0.3, -0.25) is 0 Å². The van der Waals surface area contributed by atoms with Gasteiger partial charge in [-0.15, -0.1) is 0 Å². The largest absolute Gasteiger partial charge is 0.195 e. The van der Waals surface area contributed by atoms with Crippen LogP contribution in [0.3, 0.4) is 0 Å². The third-order valence-electron chi connectivity index (χ3n) is 2.00. The van der Waals surface area contributed by atoms with E-state index in [1.165, 1.54) is 11.4 Å². The van der Waals surface area contributed by atoms with E-state index in [4.69, 9.17) is 0 Å². The molecule has 0 fully saturated rings. The molecule has 0 aliphatic carbocycles. The summed E-state index contributed by atoms with van der Waals surface area (Å²) in [4.78, 5) is 0. The Morgan fingerprint density at radius 3 is 2.09 bits per heavy atom. The summed E-state index contributed by atoms with van der Waals surface area (Å²) in [6, 6.07) is 0. The lowest BCUT2D eigenvalue weighted by Crippen LogP contribution is -2.25. The van der Waals surface area contributed by atoms with Gasteiger partial charge >= 0.3 is 0 Å². The molecule has 2 nitrogen and oxygen atoms in total. The lowest BCUT2D eigenvalue weighted by molar-refractivity contribution is -0.503. The predicted molar refractivity (Wildman–Crippen MR) is 48.4 cm³/mol. The average molecular weight is 153 g/mol. The second-order valence-electron chi connectivity index (χ2n) is 4.23. The number of rotatable bonds is 0. The normalized spacial score (nSPS) is 19.2. The van der Waals surface area contributed by atoms with E-state index in [0.717, 1.165) is 6.42 Å². The summed E-state index contributed by atoms with van der Waals surface area (Å²) in [7, 11) is 2.02. The predicted octanol–water partition coefficient (Wildman–Crippen LogP) is 1.90. The van der Waals surface area contributed by atoms with E-state index in [1.807, 2.05) is 11.7 Å². The van der Waals surface area contributed by atoms with Crippen LogP contribution in [0.25, 0.3) is 0 Å². The molecule has 0 unspecified atom stereocenters. The van der Waals surface area contributed by atoms with E-state index in [1.54, 1.807) is 0 Å². The summed E-state index contributed by atoms with van der Waals surface area (Å²) in [5, 5.41) is 4.35. The minimum Gasteiger partial charge on any atom is -0.0943 e. The van der Waals surface area contributed by atoms with Crippen LogP contribution in [0.5, 0.6) is 0 Å². The van der Waals surface area contributed by atoms with Gasteiger partial charge in [0.25, 0.3) is 0 Å². The third kappa shape index (κ3) is 1.67. The van der Waals surface area contributed by atoms with Gasteiger partial charge in [0.2, 0.25) is 0 Å². The lowest BCUT2D eigenvalue weighted by atomic mass is 9.87. The molecule has 1 aliphatic rings. The van der Waals surface area contributed by atoms with Crippen LogP contribution in [0.2, 0.25) is 0 Å². The van der Waals surface area contributed by atoms with E-state index < -0.39 is 0 Å². The van der Waals surface area contributed by atoms with E-state index in [9.17, 15) is 0 Å². The van der Waals surface area contributed by atoms with Gasteiger partial charge in [-0.05, 0) is 12.0 Å². The van der Waals surface area contributed by atoms with Crippen molar-refractivity contribution in [2.24, 2.45) is 10.5 Å². The van der Waals surface area contributed by atoms with Crippen LogP contribution in [0, 0.1) is 5.41 Å². The molecule has 0 saturated carbocycles. The van der Waals surface area contributed by atoms with Crippen molar-refractivity contribution in [1.82, 2.24) is 0 Å². The fourth-order valence-corrected chi connectivity index (χ4v) is 1.46. The minimum atomic E-state index is 0.260. The molecule has 0 amide bonds. The van der Waals surface area contributed by atoms with Crippen LogP contribution in [0.15, 0.2) is 5.10 Å². The first kappa shape index (κ1) is 8.44. The third-order valence-corrected chi connectivity index (χ3v) is 2.00. The maximum absolute atomic E-state index is 4.35. The van der Waals surface area contributed by atoms with Crippen LogP contribution < -0.4 is 0 Å². The fraction of sp³-hybridized carbons (Fsp3) is 0.778. The van der Waals surface area contributed by atoms with Crippen molar-refractivity contribution >= 4 is 11.4 Å². The highest BCUT2D eigenvalue weighted by Gasteiger charge is 2.32. The molecule has 0 saturated heterocycles. The molecule has 0 N–H and O–H groups in total. The number of nitrogens with zero attached hydrogens (tertiary/aromatic N) is 2. The van der Waals surface area contributed by atoms with Crippen molar-refractivity contribution in [2.45, 2.75) is 34.1 Å². The topological polar surface area (TPSA) is 15.4 Å². The summed E-state index contributed by atoms with van der Waals surface area (Å²) >= 11 is 0. The molecule has 1 aliphatic heterocycles. The average Bonchev–Trinajstić information content (AvgIpc) is 2.08. The second-order valence-corrected chi connectivity index (χ2v) is 4.23. The molecule has 11 heavy (non-hydrogen) atoms. The molecule has 0 aromatic carbocycles. The van der Waals surface area contributed by atoms with Crippen LogP contribution in [-0.2, 0) is 0 Å². The van der Waals surface area contributed by atoms with E-state index in [-0.39, 0.29) is 5.41 Å². The zero-order chi connectivity index (χ0) is 8.65. The number of hydrogen-bond acceptors (Lipinski definition) is 1. The fourth-order valence-electron chi connectivity index (χ4n) is 1.46. The molecule has 2 heteroatoms. The summed E-state index contributed by atoms with van der Waals surface area (Å²) in [5.41, 5.74) is 2.89. The highest BCUT2D eigenvalue weighted by molar-refractivity contribution is 6.05. The standard InChI is InChI=1S/C9H17N2/c1-7-6-8(9(2,3)4)11(5)10-7/h6H2,1-5H3/q+1. The van der Waals surface area contributed by atoms with Crippen LogP contribution in [0.4, 0.5) is 0 Å². The molecule has 1 rings (SSSR count). The lowest BCUT2D eigenvalue weighted by Gasteiger charge is -2.13. The molecule has 1 heterocycles. The SMILES string of the molecule is CC1=N[N+](C)=C(C(C)(C)C)C1. The second kappa shape index (κ2) is 2.43. The first-order valence-corrected chi connectivity index (χ1v) is 4.05. The van der Waals surface area contributed by atoms with Gasteiger partial charge in [-0.25, -0.2) is 0 Å². The quantitative estimate of drug-likeness (QED) is 0.472. The first-order valence-electron chi connectivity index (χ1n) is 4.05. The van der Waals surface area contributed by atoms with Crippen LogP contribution >= 0.6 is 0 Å². The van der Waals surface area contributed by atoms with Crippen molar-refractivity contribution in [3.05, 3.63) is 0 Å². The van der Waals surface area contributed by atoms with Gasteiger partial charge in [0.05, 0.1) is 12.1 Å². The maximum Gasteiger partial charge on any atom is 0.195 e. The Morgan fingerprint density at radius 1 is 1.36 bits per heavy atom. The van der Waals surface area contributed by atoms with Gasteiger partial charge in [0.1, 0.15) is 0 Å².